The Hall–Kier alpha value is -3.86. The van der Waals surface area contributed by atoms with E-state index in [0.717, 1.165) is 11.1 Å². The number of nitrogens with zero attached hydrogens (tertiary/aromatic N) is 1. The van der Waals surface area contributed by atoms with Gasteiger partial charge in [-0.3, -0.25) is 14.4 Å². The number of carboxylic acids is 1. The first kappa shape index (κ1) is 26.2. The van der Waals surface area contributed by atoms with E-state index in [1.165, 1.54) is 0 Å². The number of aryl methyl sites for hydroxylation is 1. The van der Waals surface area contributed by atoms with Crippen LogP contribution in [0.1, 0.15) is 74.0 Å². The zero-order valence-corrected chi connectivity index (χ0v) is 21.7. The molecule has 2 amide bonds. The maximum Gasteiger partial charge on any atom is 0.303 e. The van der Waals surface area contributed by atoms with Crippen LogP contribution < -0.4 is 15.4 Å². The number of anilines is 1. The molecule has 2 aliphatic rings. The molecule has 3 atom stereocenters. The Labute approximate surface area is 217 Å². The van der Waals surface area contributed by atoms with Gasteiger partial charge in [0.15, 0.2) is 0 Å². The summed E-state index contributed by atoms with van der Waals surface area (Å²) in [4.78, 5) is 37.4. The van der Waals surface area contributed by atoms with Gasteiger partial charge in [0, 0.05) is 34.2 Å². The molecule has 2 aromatic carbocycles. The fourth-order valence-electron chi connectivity index (χ4n) is 5.55. The standard InChI is InChI=1S/C29H33N3O5/c1-17-25(27(36)31-22-14-18(16-30)8-9-19(22)6-5-7-24(33)34)29(17)12-13-37-23-11-10-20(15-21(23)29)26(35)32-28(2,3)4/h8-11,14-15,17,25H,5-7,12-13H2,1-4H3,(H,31,36)(H,32,35)(H,33,34)/t17?,25?,29-/m0/s1. The molecule has 1 heterocycles. The number of hydrogen-bond donors (Lipinski definition) is 3. The summed E-state index contributed by atoms with van der Waals surface area (Å²) in [5.41, 5.74) is 2.34. The molecule has 2 unspecified atom stereocenters. The lowest BCUT2D eigenvalue weighted by molar-refractivity contribution is -0.137. The average Bonchev–Trinajstić information content (AvgIpc) is 3.41. The maximum atomic E-state index is 13.6. The van der Waals surface area contributed by atoms with Crippen molar-refractivity contribution in [1.82, 2.24) is 5.32 Å². The summed E-state index contributed by atoms with van der Waals surface area (Å²) in [5.74, 6) is -0.799. The van der Waals surface area contributed by atoms with Crippen molar-refractivity contribution in [2.45, 2.75) is 64.3 Å². The van der Waals surface area contributed by atoms with E-state index in [1.54, 1.807) is 24.3 Å². The second-order valence-corrected chi connectivity index (χ2v) is 11.0. The quantitative estimate of drug-likeness (QED) is 0.513. The van der Waals surface area contributed by atoms with Gasteiger partial charge >= 0.3 is 5.97 Å². The second-order valence-electron chi connectivity index (χ2n) is 11.0. The van der Waals surface area contributed by atoms with Gasteiger partial charge in [-0.05, 0) is 81.8 Å². The predicted molar refractivity (Wildman–Crippen MR) is 138 cm³/mol. The summed E-state index contributed by atoms with van der Waals surface area (Å²) in [7, 11) is 0. The number of rotatable bonds is 7. The highest BCUT2D eigenvalue weighted by atomic mass is 16.5. The normalized spacial score (nSPS) is 21.8. The molecule has 37 heavy (non-hydrogen) atoms. The molecule has 0 bridgehead atoms. The minimum absolute atomic E-state index is 0.0259. The van der Waals surface area contributed by atoms with Crippen molar-refractivity contribution in [1.29, 1.82) is 5.26 Å². The summed E-state index contributed by atoms with van der Waals surface area (Å²) in [6.45, 7) is 8.30. The van der Waals surface area contributed by atoms with Crippen LogP contribution in [0.5, 0.6) is 5.75 Å². The number of carbonyl (C=O) groups is 3. The van der Waals surface area contributed by atoms with E-state index in [-0.39, 0.29) is 35.6 Å². The molecule has 3 N–H and O–H groups in total. The van der Waals surface area contributed by atoms with Crippen LogP contribution in [0, 0.1) is 23.2 Å². The van der Waals surface area contributed by atoms with Crippen LogP contribution in [0.4, 0.5) is 5.69 Å². The van der Waals surface area contributed by atoms with Crippen molar-refractivity contribution < 1.29 is 24.2 Å². The molecule has 0 aromatic heterocycles. The maximum absolute atomic E-state index is 13.6. The summed E-state index contributed by atoms with van der Waals surface area (Å²) < 4.78 is 5.89. The Morgan fingerprint density at radius 1 is 1.19 bits per heavy atom. The van der Waals surface area contributed by atoms with Gasteiger partial charge in [-0.1, -0.05) is 13.0 Å². The minimum Gasteiger partial charge on any atom is -0.493 e. The highest BCUT2D eigenvalue weighted by Gasteiger charge is 2.67. The summed E-state index contributed by atoms with van der Waals surface area (Å²) in [6, 6.07) is 12.6. The Kier molecular flexibility index (Phi) is 7.00. The topological polar surface area (TPSA) is 129 Å². The molecule has 194 valence electrons. The molecule has 8 heteroatoms. The molecule has 1 aliphatic carbocycles. The van der Waals surface area contributed by atoms with E-state index >= 15 is 0 Å². The lowest BCUT2D eigenvalue weighted by Gasteiger charge is -2.28. The van der Waals surface area contributed by atoms with E-state index in [4.69, 9.17) is 9.84 Å². The number of ether oxygens (including phenoxy) is 1. The van der Waals surface area contributed by atoms with E-state index in [9.17, 15) is 19.6 Å². The van der Waals surface area contributed by atoms with Crippen molar-refractivity contribution in [3.8, 4) is 11.8 Å². The molecule has 0 radical (unpaired) electrons. The second kappa shape index (κ2) is 9.89. The van der Waals surface area contributed by atoms with Crippen LogP contribution in [0.2, 0.25) is 0 Å². The van der Waals surface area contributed by atoms with Crippen LogP contribution in [0.3, 0.4) is 0 Å². The average molecular weight is 504 g/mol. The first-order valence-corrected chi connectivity index (χ1v) is 12.6. The van der Waals surface area contributed by atoms with Crippen molar-refractivity contribution >= 4 is 23.5 Å². The van der Waals surface area contributed by atoms with Crippen molar-refractivity contribution in [2.24, 2.45) is 11.8 Å². The number of fused-ring (bicyclic) bond motifs is 2. The number of carboxylic acid groups (broad SMARTS) is 1. The molecule has 0 saturated heterocycles. The summed E-state index contributed by atoms with van der Waals surface area (Å²) in [6.07, 6.45) is 1.59. The molecular formula is C29H33N3O5. The van der Waals surface area contributed by atoms with Crippen LogP contribution in [0.15, 0.2) is 36.4 Å². The lowest BCUT2D eigenvalue weighted by Crippen LogP contribution is -2.40. The zero-order chi connectivity index (χ0) is 27.0. The van der Waals surface area contributed by atoms with E-state index in [1.807, 2.05) is 39.8 Å². The summed E-state index contributed by atoms with van der Waals surface area (Å²) >= 11 is 0. The van der Waals surface area contributed by atoms with Crippen molar-refractivity contribution in [3.63, 3.8) is 0 Å². The number of aliphatic carboxylic acids is 1. The highest BCUT2D eigenvalue weighted by molar-refractivity contribution is 5.98. The molecule has 1 fully saturated rings. The SMILES string of the molecule is CC1C(C(=O)Nc2cc(C#N)ccc2CCCC(=O)O)[C@@]12CCOc1ccc(C(=O)NC(C)(C)C)cc12. The molecule has 2 aromatic rings. The van der Waals surface area contributed by atoms with Gasteiger partial charge in [0.05, 0.1) is 24.2 Å². The van der Waals surface area contributed by atoms with Crippen LogP contribution >= 0.6 is 0 Å². The van der Waals surface area contributed by atoms with Gasteiger partial charge < -0.3 is 20.5 Å². The Morgan fingerprint density at radius 3 is 2.62 bits per heavy atom. The highest BCUT2D eigenvalue weighted by Crippen LogP contribution is 2.65. The van der Waals surface area contributed by atoms with Gasteiger partial charge in [-0.25, -0.2) is 0 Å². The van der Waals surface area contributed by atoms with Crippen LogP contribution in [-0.4, -0.2) is 35.0 Å². The third-order valence-corrected chi connectivity index (χ3v) is 7.38. The predicted octanol–water partition coefficient (Wildman–Crippen LogP) is 4.42. The fourth-order valence-corrected chi connectivity index (χ4v) is 5.55. The van der Waals surface area contributed by atoms with Gasteiger partial charge in [0.1, 0.15) is 5.75 Å². The largest absolute Gasteiger partial charge is 0.493 e. The third-order valence-electron chi connectivity index (χ3n) is 7.38. The monoisotopic (exact) mass is 503 g/mol. The third kappa shape index (κ3) is 5.31. The van der Waals surface area contributed by atoms with E-state index < -0.39 is 11.4 Å². The molecule has 8 nitrogen and oxygen atoms in total. The fraction of sp³-hybridized carbons (Fsp3) is 0.448. The minimum atomic E-state index is -0.873. The molecule has 1 aliphatic heterocycles. The van der Waals surface area contributed by atoms with Gasteiger partial charge in [0.2, 0.25) is 5.91 Å². The number of benzene rings is 2. The number of nitriles is 1. The molecule has 4 rings (SSSR count). The zero-order valence-electron chi connectivity index (χ0n) is 21.7. The number of amides is 2. The van der Waals surface area contributed by atoms with Crippen molar-refractivity contribution in [3.05, 3.63) is 58.7 Å². The molecule has 1 spiro atoms. The molecular weight excluding hydrogens is 470 g/mol. The number of carbonyl (C=O) groups excluding carboxylic acids is 2. The van der Waals surface area contributed by atoms with Gasteiger partial charge in [-0.2, -0.15) is 5.26 Å². The van der Waals surface area contributed by atoms with Crippen LogP contribution in [0.25, 0.3) is 0 Å². The van der Waals surface area contributed by atoms with Crippen molar-refractivity contribution in [2.75, 3.05) is 11.9 Å². The van der Waals surface area contributed by atoms with Crippen LogP contribution in [-0.2, 0) is 21.4 Å². The number of nitrogens with one attached hydrogen (secondary N) is 2. The Morgan fingerprint density at radius 2 is 1.95 bits per heavy atom. The lowest BCUT2D eigenvalue weighted by atomic mass is 9.85. The smallest absolute Gasteiger partial charge is 0.303 e. The summed E-state index contributed by atoms with van der Waals surface area (Å²) in [5, 5.41) is 24.4. The Bertz CT molecular complexity index is 1290. The number of hydrogen-bond acceptors (Lipinski definition) is 5. The van der Waals surface area contributed by atoms with Gasteiger partial charge in [0.25, 0.3) is 5.91 Å². The van der Waals surface area contributed by atoms with E-state index in [2.05, 4.69) is 16.7 Å². The van der Waals surface area contributed by atoms with Gasteiger partial charge in [-0.15, -0.1) is 0 Å². The Balaban J connectivity index is 1.59. The molecule has 1 saturated carbocycles. The first-order valence-electron chi connectivity index (χ1n) is 12.6. The van der Waals surface area contributed by atoms with E-state index in [0.29, 0.717) is 48.4 Å². The first-order chi connectivity index (χ1) is 17.5.